The van der Waals surface area contributed by atoms with Gasteiger partial charge in [0.05, 0.1) is 16.8 Å². The Morgan fingerprint density at radius 1 is 1.50 bits per heavy atom. The van der Waals surface area contributed by atoms with Crippen LogP contribution in [0.4, 0.5) is 0 Å². The topological polar surface area (TPSA) is 118 Å². The van der Waals surface area contributed by atoms with Crippen LogP contribution >= 0.6 is 0 Å². The minimum absolute atomic E-state index is 0.0179. The van der Waals surface area contributed by atoms with E-state index >= 15 is 0 Å². The van der Waals surface area contributed by atoms with E-state index in [1.807, 2.05) is 4.72 Å². The molecule has 9 heteroatoms. The molecule has 1 aliphatic rings. The summed E-state index contributed by atoms with van der Waals surface area (Å²) in [6, 6.07) is -1.26. The van der Waals surface area contributed by atoms with Crippen LogP contribution in [0.2, 0.25) is 0 Å². The number of aliphatic carboxylic acids is 1. The average Bonchev–Trinajstić information content (AvgIpc) is 2.45. The molecule has 0 aromatic rings. The second-order valence-corrected chi connectivity index (χ2v) is 7.97. The summed E-state index contributed by atoms with van der Waals surface area (Å²) in [6.45, 7) is 1.18. The predicted octanol–water partition coefficient (Wildman–Crippen LogP) is -1.43. The molecule has 0 aromatic carbocycles. The van der Waals surface area contributed by atoms with Gasteiger partial charge in [0.1, 0.15) is 6.04 Å². The molecular formula is C7H13NO6S2. The molecule has 0 bridgehead atoms. The minimum Gasteiger partial charge on any atom is -0.480 e. The largest absolute Gasteiger partial charge is 0.480 e. The van der Waals surface area contributed by atoms with E-state index in [4.69, 9.17) is 5.11 Å². The first-order valence-electron chi connectivity index (χ1n) is 4.58. The van der Waals surface area contributed by atoms with Crippen LogP contribution in [0.15, 0.2) is 0 Å². The predicted molar refractivity (Wildman–Crippen MR) is 56.2 cm³/mol. The first-order valence-corrected chi connectivity index (χ1v) is 7.95. The first kappa shape index (κ1) is 13.4. The Hall–Kier alpha value is -0.670. The molecule has 16 heavy (non-hydrogen) atoms. The highest BCUT2D eigenvalue weighted by atomic mass is 32.2. The van der Waals surface area contributed by atoms with Crippen molar-refractivity contribution in [1.82, 2.24) is 4.72 Å². The Bertz CT molecular complexity index is 479. The highest BCUT2D eigenvalue weighted by Crippen LogP contribution is 2.18. The molecule has 1 heterocycles. The molecular weight excluding hydrogens is 258 g/mol. The zero-order chi connectivity index (χ0) is 12.6. The van der Waals surface area contributed by atoms with Gasteiger partial charge in [0.25, 0.3) is 0 Å². The summed E-state index contributed by atoms with van der Waals surface area (Å²) in [5.74, 6) is -1.90. The lowest BCUT2D eigenvalue weighted by Crippen LogP contribution is -2.43. The van der Waals surface area contributed by atoms with Gasteiger partial charge in [-0.1, -0.05) is 0 Å². The monoisotopic (exact) mass is 271 g/mol. The molecule has 1 saturated heterocycles. The number of carboxylic acid groups (broad SMARTS) is 1. The van der Waals surface area contributed by atoms with Crippen molar-refractivity contribution < 1.29 is 26.7 Å². The summed E-state index contributed by atoms with van der Waals surface area (Å²) in [7, 11) is -7.19. The second-order valence-electron chi connectivity index (χ2n) is 3.75. The molecule has 0 aromatic heterocycles. The van der Waals surface area contributed by atoms with E-state index in [0.29, 0.717) is 0 Å². The SMILES string of the molecule is C[C@H](NS(=O)(=O)C1CCS(=O)(=O)C1)C(=O)O. The van der Waals surface area contributed by atoms with Crippen molar-refractivity contribution in [2.75, 3.05) is 11.5 Å². The van der Waals surface area contributed by atoms with E-state index in [0.717, 1.165) is 0 Å². The molecule has 0 spiro atoms. The summed E-state index contributed by atoms with van der Waals surface area (Å²) in [5.41, 5.74) is 0. The quantitative estimate of drug-likeness (QED) is 0.647. The molecule has 1 fully saturated rings. The van der Waals surface area contributed by atoms with Crippen LogP contribution in [0, 0.1) is 0 Å². The fourth-order valence-electron chi connectivity index (χ4n) is 1.40. The molecule has 7 nitrogen and oxygen atoms in total. The summed E-state index contributed by atoms with van der Waals surface area (Å²) >= 11 is 0. The highest BCUT2D eigenvalue weighted by molar-refractivity contribution is 7.95. The molecule has 0 radical (unpaired) electrons. The summed E-state index contributed by atoms with van der Waals surface area (Å²) < 4.78 is 47.3. The number of hydrogen-bond donors (Lipinski definition) is 2. The van der Waals surface area contributed by atoms with E-state index < -0.39 is 42.9 Å². The molecule has 0 aliphatic carbocycles. The fraction of sp³-hybridized carbons (Fsp3) is 0.857. The molecule has 2 N–H and O–H groups in total. The van der Waals surface area contributed by atoms with Crippen molar-refractivity contribution in [1.29, 1.82) is 0 Å². The summed E-state index contributed by atoms with van der Waals surface area (Å²) in [5, 5.41) is 7.50. The van der Waals surface area contributed by atoms with Crippen molar-refractivity contribution in [2.24, 2.45) is 0 Å². The zero-order valence-electron chi connectivity index (χ0n) is 8.58. The van der Waals surface area contributed by atoms with E-state index in [9.17, 15) is 21.6 Å². The van der Waals surface area contributed by atoms with Crippen LogP contribution in [0.25, 0.3) is 0 Å². The standard InChI is InChI=1S/C7H13NO6S2/c1-5(7(9)10)8-16(13,14)6-2-3-15(11,12)4-6/h5-6,8H,2-4H2,1H3,(H,9,10)/t5-,6?/m0/s1. The van der Waals surface area contributed by atoms with Crippen LogP contribution in [0.5, 0.6) is 0 Å². The fourth-order valence-corrected chi connectivity index (χ4v) is 5.64. The van der Waals surface area contributed by atoms with E-state index in [1.54, 1.807) is 0 Å². The van der Waals surface area contributed by atoms with Gasteiger partial charge in [0, 0.05) is 0 Å². The zero-order valence-corrected chi connectivity index (χ0v) is 10.2. The number of hydrogen-bond acceptors (Lipinski definition) is 5. The van der Waals surface area contributed by atoms with Gasteiger partial charge in [0.15, 0.2) is 9.84 Å². The number of sulfone groups is 1. The van der Waals surface area contributed by atoms with Gasteiger partial charge >= 0.3 is 5.97 Å². The van der Waals surface area contributed by atoms with Crippen molar-refractivity contribution in [3.05, 3.63) is 0 Å². The van der Waals surface area contributed by atoms with Crippen LogP contribution < -0.4 is 4.72 Å². The van der Waals surface area contributed by atoms with E-state index in [1.165, 1.54) is 6.92 Å². The van der Waals surface area contributed by atoms with Gasteiger partial charge in [-0.25, -0.2) is 21.6 Å². The summed E-state index contributed by atoms with van der Waals surface area (Å²) in [4.78, 5) is 10.5. The maximum Gasteiger partial charge on any atom is 0.321 e. The maximum atomic E-state index is 11.6. The van der Waals surface area contributed by atoms with Gasteiger partial charge in [-0.05, 0) is 13.3 Å². The number of rotatable bonds is 4. The smallest absolute Gasteiger partial charge is 0.321 e. The van der Waals surface area contributed by atoms with Gasteiger partial charge in [-0.3, -0.25) is 4.79 Å². The van der Waals surface area contributed by atoms with Crippen molar-refractivity contribution >= 4 is 25.8 Å². The lowest BCUT2D eigenvalue weighted by molar-refractivity contribution is -0.138. The Balaban J connectivity index is 2.77. The molecule has 2 atom stereocenters. The number of nitrogens with one attached hydrogen (secondary N) is 1. The van der Waals surface area contributed by atoms with Gasteiger partial charge in [0.2, 0.25) is 10.0 Å². The van der Waals surface area contributed by atoms with Crippen molar-refractivity contribution in [2.45, 2.75) is 24.6 Å². The van der Waals surface area contributed by atoms with Crippen LogP contribution in [-0.4, -0.2) is 50.7 Å². The molecule has 1 unspecified atom stereocenters. The summed E-state index contributed by atoms with van der Waals surface area (Å²) in [6.07, 6.45) is 0.0179. The third-order valence-electron chi connectivity index (χ3n) is 2.34. The molecule has 1 aliphatic heterocycles. The third kappa shape index (κ3) is 3.16. The lowest BCUT2D eigenvalue weighted by Gasteiger charge is -2.13. The van der Waals surface area contributed by atoms with E-state index in [2.05, 4.69) is 0 Å². The van der Waals surface area contributed by atoms with Crippen LogP contribution in [0.1, 0.15) is 13.3 Å². The van der Waals surface area contributed by atoms with Gasteiger partial charge in [-0.2, -0.15) is 0 Å². The van der Waals surface area contributed by atoms with Crippen LogP contribution in [0.3, 0.4) is 0 Å². The Morgan fingerprint density at radius 3 is 2.44 bits per heavy atom. The normalized spacial score (nSPS) is 26.4. The third-order valence-corrected chi connectivity index (χ3v) is 6.28. The van der Waals surface area contributed by atoms with Gasteiger partial charge < -0.3 is 5.11 Å². The van der Waals surface area contributed by atoms with Crippen LogP contribution in [-0.2, 0) is 24.7 Å². The Kier molecular flexibility index (Phi) is 3.60. The maximum absolute atomic E-state index is 11.6. The Labute approximate surface area is 93.8 Å². The number of sulfonamides is 1. The molecule has 0 saturated carbocycles. The minimum atomic E-state index is -3.89. The number of carbonyl (C=O) groups is 1. The molecule has 94 valence electrons. The van der Waals surface area contributed by atoms with E-state index in [-0.39, 0.29) is 12.2 Å². The average molecular weight is 271 g/mol. The lowest BCUT2D eigenvalue weighted by atomic mass is 10.4. The highest BCUT2D eigenvalue weighted by Gasteiger charge is 2.38. The molecule has 0 amide bonds. The van der Waals surface area contributed by atoms with Gasteiger partial charge in [-0.15, -0.1) is 0 Å². The van der Waals surface area contributed by atoms with Crippen molar-refractivity contribution in [3.63, 3.8) is 0 Å². The Morgan fingerprint density at radius 2 is 2.06 bits per heavy atom. The van der Waals surface area contributed by atoms with Crippen molar-refractivity contribution in [3.8, 4) is 0 Å². The molecule has 1 rings (SSSR count). The first-order chi connectivity index (χ1) is 7.14. The number of carboxylic acids is 1. The second kappa shape index (κ2) is 4.30.